The monoisotopic (exact) mass is 243 g/mol. The van der Waals surface area contributed by atoms with Crippen LogP contribution in [0, 0.1) is 6.92 Å². The van der Waals surface area contributed by atoms with E-state index in [0.717, 1.165) is 0 Å². The maximum Gasteiger partial charge on any atom is 0.251 e. The van der Waals surface area contributed by atoms with Crippen LogP contribution in [-0.4, -0.2) is 21.2 Å². The molecule has 0 saturated heterocycles. The molecule has 92 valence electrons. The molecule has 2 rings (SSSR count). The number of carbonyl (C=O) groups excluding carboxylic acids is 1. The number of phenols is 1. The Morgan fingerprint density at radius 3 is 2.89 bits per heavy atom. The second-order valence-corrected chi connectivity index (χ2v) is 3.90. The first-order valence-electron chi connectivity index (χ1n) is 5.51. The molecule has 0 unspecified atom stereocenters. The molecule has 5 nitrogen and oxygen atoms in total. The molecule has 0 saturated carbocycles. The van der Waals surface area contributed by atoms with Crippen molar-refractivity contribution in [3.8, 4) is 5.75 Å². The van der Waals surface area contributed by atoms with Crippen molar-refractivity contribution < 1.29 is 9.90 Å². The number of aryl methyl sites for hydroxylation is 1. The van der Waals surface area contributed by atoms with Crippen molar-refractivity contribution in [2.24, 2.45) is 0 Å². The Balaban J connectivity index is 2.02. The van der Waals surface area contributed by atoms with Gasteiger partial charge in [0.25, 0.3) is 5.91 Å². The molecule has 1 amide bonds. The molecular weight excluding hydrogens is 230 g/mol. The van der Waals surface area contributed by atoms with E-state index in [1.54, 1.807) is 37.4 Å². The lowest BCUT2D eigenvalue weighted by molar-refractivity contribution is 0.0950. The Morgan fingerprint density at radius 1 is 1.39 bits per heavy atom. The Kier molecular flexibility index (Phi) is 3.52. The molecule has 18 heavy (non-hydrogen) atoms. The first-order chi connectivity index (χ1) is 8.66. The van der Waals surface area contributed by atoms with E-state index in [4.69, 9.17) is 0 Å². The van der Waals surface area contributed by atoms with Crippen LogP contribution in [0.25, 0.3) is 0 Å². The van der Waals surface area contributed by atoms with E-state index in [1.165, 1.54) is 6.07 Å². The van der Waals surface area contributed by atoms with E-state index in [2.05, 4.69) is 15.5 Å². The van der Waals surface area contributed by atoms with E-state index in [-0.39, 0.29) is 11.7 Å². The number of amides is 1. The topological polar surface area (TPSA) is 75.1 Å². The zero-order valence-electron chi connectivity index (χ0n) is 9.92. The number of hydrogen-bond donors (Lipinski definition) is 2. The molecule has 0 spiro atoms. The summed E-state index contributed by atoms with van der Waals surface area (Å²) >= 11 is 0. The highest BCUT2D eigenvalue weighted by molar-refractivity contribution is 5.94. The van der Waals surface area contributed by atoms with Crippen LogP contribution in [0.15, 0.2) is 36.5 Å². The first kappa shape index (κ1) is 12.0. The third-order valence-electron chi connectivity index (χ3n) is 2.52. The average Bonchev–Trinajstić information content (AvgIpc) is 2.40. The van der Waals surface area contributed by atoms with Crippen molar-refractivity contribution in [2.45, 2.75) is 13.5 Å². The molecule has 2 N–H and O–H groups in total. The van der Waals surface area contributed by atoms with Gasteiger partial charge in [0, 0.05) is 11.8 Å². The summed E-state index contributed by atoms with van der Waals surface area (Å²) in [5, 5.41) is 19.7. The summed E-state index contributed by atoms with van der Waals surface area (Å²) in [4.78, 5) is 11.8. The molecule has 5 heteroatoms. The van der Waals surface area contributed by atoms with Gasteiger partial charge in [0.2, 0.25) is 0 Å². The van der Waals surface area contributed by atoms with Gasteiger partial charge in [-0.05, 0) is 42.8 Å². The van der Waals surface area contributed by atoms with Gasteiger partial charge in [-0.2, -0.15) is 10.2 Å². The molecule has 1 aromatic carbocycles. The van der Waals surface area contributed by atoms with Gasteiger partial charge in [0.1, 0.15) is 5.75 Å². The van der Waals surface area contributed by atoms with Crippen molar-refractivity contribution in [3.05, 3.63) is 53.3 Å². The molecule has 0 bridgehead atoms. The zero-order valence-corrected chi connectivity index (χ0v) is 9.92. The van der Waals surface area contributed by atoms with E-state index in [0.29, 0.717) is 23.4 Å². The van der Waals surface area contributed by atoms with E-state index in [9.17, 15) is 9.90 Å². The fourth-order valence-corrected chi connectivity index (χ4v) is 1.50. The van der Waals surface area contributed by atoms with Gasteiger partial charge in [-0.3, -0.25) is 4.79 Å². The predicted molar refractivity (Wildman–Crippen MR) is 66.0 cm³/mol. The Hall–Kier alpha value is -2.43. The van der Waals surface area contributed by atoms with E-state index in [1.807, 2.05) is 0 Å². The second-order valence-electron chi connectivity index (χ2n) is 3.90. The van der Waals surface area contributed by atoms with Gasteiger partial charge < -0.3 is 10.4 Å². The van der Waals surface area contributed by atoms with Crippen molar-refractivity contribution >= 4 is 5.91 Å². The third-order valence-corrected chi connectivity index (χ3v) is 2.52. The fourth-order valence-electron chi connectivity index (χ4n) is 1.50. The number of benzene rings is 1. The summed E-state index contributed by atoms with van der Waals surface area (Å²) in [6, 6.07) is 8.27. The molecule has 0 radical (unpaired) electrons. The molecule has 0 atom stereocenters. The highest BCUT2D eigenvalue weighted by atomic mass is 16.3. The zero-order chi connectivity index (χ0) is 13.0. The van der Waals surface area contributed by atoms with Gasteiger partial charge in [0.15, 0.2) is 0 Å². The van der Waals surface area contributed by atoms with Crippen molar-refractivity contribution in [1.29, 1.82) is 0 Å². The van der Waals surface area contributed by atoms with Gasteiger partial charge >= 0.3 is 0 Å². The molecule has 1 aromatic heterocycles. The normalized spacial score (nSPS) is 10.1. The summed E-state index contributed by atoms with van der Waals surface area (Å²) in [5.74, 6) is -0.0239. The number of aromatic nitrogens is 2. The number of phenolic OH excluding ortho intramolecular Hbond substituents is 1. The third kappa shape index (κ3) is 2.82. The van der Waals surface area contributed by atoms with Crippen LogP contribution in [-0.2, 0) is 6.54 Å². The van der Waals surface area contributed by atoms with E-state index >= 15 is 0 Å². The summed E-state index contributed by atoms with van der Waals surface area (Å²) in [7, 11) is 0. The fraction of sp³-hybridized carbons (Fsp3) is 0.154. The highest BCUT2D eigenvalue weighted by Crippen LogP contribution is 2.16. The van der Waals surface area contributed by atoms with Gasteiger partial charge in [-0.1, -0.05) is 0 Å². The quantitative estimate of drug-likeness (QED) is 0.855. The summed E-state index contributed by atoms with van der Waals surface area (Å²) in [6.07, 6.45) is 1.58. The van der Waals surface area contributed by atoms with Crippen LogP contribution in [0.1, 0.15) is 21.6 Å². The minimum Gasteiger partial charge on any atom is -0.508 e. The minimum atomic E-state index is -0.205. The summed E-state index contributed by atoms with van der Waals surface area (Å²) in [6.45, 7) is 2.07. The number of hydrogen-bond acceptors (Lipinski definition) is 4. The predicted octanol–water partition coefficient (Wildman–Crippen LogP) is 1.42. The number of rotatable bonds is 3. The molecule has 0 aliphatic carbocycles. The molecule has 2 aromatic rings. The minimum absolute atomic E-state index is 0.181. The molecule has 1 heterocycles. The Bertz CT molecular complexity index is 555. The number of nitrogens with zero attached hydrogens (tertiary/aromatic N) is 2. The van der Waals surface area contributed by atoms with Crippen molar-refractivity contribution in [3.63, 3.8) is 0 Å². The van der Waals surface area contributed by atoms with Gasteiger partial charge in [0.05, 0.1) is 12.2 Å². The standard InChI is InChI=1S/C13H13N3O2/c1-9-7-10(4-5-12(9)17)13(18)14-8-11-3-2-6-15-16-11/h2-7,17H,8H2,1H3,(H,14,18). The molecular formula is C13H13N3O2. The second kappa shape index (κ2) is 5.27. The summed E-state index contributed by atoms with van der Waals surface area (Å²) in [5.41, 5.74) is 1.87. The van der Waals surface area contributed by atoms with Crippen LogP contribution in [0.4, 0.5) is 0 Å². The first-order valence-corrected chi connectivity index (χ1v) is 5.51. The molecule has 0 aliphatic heterocycles. The molecule has 0 fully saturated rings. The van der Waals surface area contributed by atoms with Crippen LogP contribution in [0.5, 0.6) is 5.75 Å². The number of aromatic hydroxyl groups is 1. The lowest BCUT2D eigenvalue weighted by atomic mass is 10.1. The van der Waals surface area contributed by atoms with Crippen LogP contribution in [0.2, 0.25) is 0 Å². The Labute approximate surface area is 104 Å². The summed E-state index contributed by atoms with van der Waals surface area (Å²) < 4.78 is 0. The van der Waals surface area contributed by atoms with Gasteiger partial charge in [-0.25, -0.2) is 0 Å². The molecule has 0 aliphatic rings. The van der Waals surface area contributed by atoms with Crippen molar-refractivity contribution in [2.75, 3.05) is 0 Å². The SMILES string of the molecule is Cc1cc(C(=O)NCc2cccnn2)ccc1O. The lowest BCUT2D eigenvalue weighted by Crippen LogP contribution is -2.23. The lowest BCUT2D eigenvalue weighted by Gasteiger charge is -2.06. The smallest absolute Gasteiger partial charge is 0.251 e. The van der Waals surface area contributed by atoms with Gasteiger partial charge in [-0.15, -0.1) is 0 Å². The Morgan fingerprint density at radius 2 is 2.22 bits per heavy atom. The largest absolute Gasteiger partial charge is 0.508 e. The highest BCUT2D eigenvalue weighted by Gasteiger charge is 2.07. The number of nitrogens with one attached hydrogen (secondary N) is 1. The maximum atomic E-state index is 11.8. The van der Waals surface area contributed by atoms with Crippen LogP contribution < -0.4 is 5.32 Å². The van der Waals surface area contributed by atoms with Crippen LogP contribution in [0.3, 0.4) is 0 Å². The average molecular weight is 243 g/mol. The maximum absolute atomic E-state index is 11.8. The van der Waals surface area contributed by atoms with Crippen molar-refractivity contribution in [1.82, 2.24) is 15.5 Å². The number of carbonyl (C=O) groups is 1. The van der Waals surface area contributed by atoms with Crippen LogP contribution >= 0.6 is 0 Å². The van der Waals surface area contributed by atoms with E-state index < -0.39 is 0 Å².